The second-order valence-electron chi connectivity index (χ2n) is 7.61. The van der Waals surface area contributed by atoms with Gasteiger partial charge < -0.3 is 0 Å². The Morgan fingerprint density at radius 3 is 2.24 bits per heavy atom. The van der Waals surface area contributed by atoms with Gasteiger partial charge in [-0.25, -0.2) is 0 Å². The van der Waals surface area contributed by atoms with Gasteiger partial charge in [0.05, 0.1) is 21.8 Å². The van der Waals surface area contributed by atoms with Crippen LogP contribution in [0.4, 0.5) is 27.6 Å². The van der Waals surface area contributed by atoms with Gasteiger partial charge in [0.15, 0.2) is 0 Å². The Morgan fingerprint density at radius 2 is 1.59 bits per heavy atom. The van der Waals surface area contributed by atoms with Crippen molar-refractivity contribution in [3.63, 3.8) is 0 Å². The fraction of sp³-hybridized carbons (Fsp3) is 0.208. The SMILES string of the molecule is CSc1ccc(-c2cccc(C3CC(C(F)(F)C(F)(F)F)=NN3c3cccc(Cl)c3Cl)c2)cc1. The molecule has 0 amide bonds. The molecule has 0 fully saturated rings. The van der Waals surface area contributed by atoms with Crippen LogP contribution in [0.2, 0.25) is 10.0 Å². The number of benzene rings is 3. The van der Waals surface area contributed by atoms with Crippen LogP contribution in [-0.2, 0) is 0 Å². The summed E-state index contributed by atoms with van der Waals surface area (Å²) in [6, 6.07) is 18.3. The molecule has 1 unspecified atom stereocenters. The lowest BCUT2D eigenvalue weighted by molar-refractivity contribution is -0.249. The van der Waals surface area contributed by atoms with Gasteiger partial charge >= 0.3 is 12.1 Å². The highest BCUT2D eigenvalue weighted by Gasteiger charge is 2.62. The second-order valence-corrected chi connectivity index (χ2v) is 9.28. The molecule has 0 aromatic heterocycles. The lowest BCUT2D eigenvalue weighted by Crippen LogP contribution is -2.43. The summed E-state index contributed by atoms with van der Waals surface area (Å²) in [4.78, 5) is 1.07. The monoisotopic (exact) mass is 530 g/mol. The summed E-state index contributed by atoms with van der Waals surface area (Å²) in [5, 5.41) is 4.96. The van der Waals surface area contributed by atoms with Gasteiger partial charge in [0, 0.05) is 11.3 Å². The molecule has 10 heteroatoms. The van der Waals surface area contributed by atoms with Gasteiger partial charge in [-0.15, -0.1) is 11.8 Å². The maximum atomic E-state index is 14.3. The minimum Gasteiger partial charge on any atom is -0.256 e. The van der Waals surface area contributed by atoms with Crippen molar-refractivity contribution in [2.24, 2.45) is 5.10 Å². The molecule has 1 atom stereocenters. The fourth-order valence-corrected chi connectivity index (χ4v) is 4.51. The quantitative estimate of drug-likeness (QED) is 0.241. The van der Waals surface area contributed by atoms with Crippen molar-refractivity contribution in [1.29, 1.82) is 0 Å². The smallest absolute Gasteiger partial charge is 0.256 e. The summed E-state index contributed by atoms with van der Waals surface area (Å²) in [6.07, 6.45) is -4.45. The normalized spacial score (nSPS) is 16.6. The Labute approximate surface area is 207 Å². The zero-order chi connectivity index (χ0) is 24.7. The number of halogens is 7. The highest BCUT2D eigenvalue weighted by atomic mass is 35.5. The third kappa shape index (κ3) is 4.63. The third-order valence-electron chi connectivity index (χ3n) is 5.50. The first-order valence-electron chi connectivity index (χ1n) is 10.0. The maximum Gasteiger partial charge on any atom is 0.459 e. The molecular formula is C24H17Cl2F5N2S. The molecule has 1 aliphatic rings. The number of thioether (sulfide) groups is 1. The van der Waals surface area contributed by atoms with Crippen LogP contribution >= 0.6 is 35.0 Å². The summed E-state index contributed by atoms with van der Waals surface area (Å²) >= 11 is 13.9. The van der Waals surface area contributed by atoms with Crippen LogP contribution < -0.4 is 5.01 Å². The van der Waals surface area contributed by atoms with Crippen LogP contribution in [0.15, 0.2) is 76.7 Å². The van der Waals surface area contributed by atoms with Crippen molar-refractivity contribution >= 4 is 46.4 Å². The van der Waals surface area contributed by atoms with Crippen molar-refractivity contribution in [3.05, 3.63) is 82.3 Å². The number of hydrazone groups is 1. The van der Waals surface area contributed by atoms with E-state index in [1.54, 1.807) is 30.0 Å². The van der Waals surface area contributed by atoms with Crippen molar-refractivity contribution in [1.82, 2.24) is 0 Å². The van der Waals surface area contributed by atoms with Crippen LogP contribution in [0.25, 0.3) is 11.1 Å². The van der Waals surface area contributed by atoms with Crippen LogP contribution in [0.3, 0.4) is 0 Å². The molecule has 0 aliphatic carbocycles. The van der Waals surface area contributed by atoms with E-state index in [-0.39, 0.29) is 15.7 Å². The van der Waals surface area contributed by atoms with Crippen molar-refractivity contribution in [2.75, 3.05) is 11.3 Å². The van der Waals surface area contributed by atoms with Gasteiger partial charge in [0.1, 0.15) is 5.71 Å². The number of alkyl halides is 5. The van der Waals surface area contributed by atoms with E-state index in [9.17, 15) is 22.0 Å². The van der Waals surface area contributed by atoms with Gasteiger partial charge in [-0.2, -0.15) is 27.1 Å². The summed E-state index contributed by atoms with van der Waals surface area (Å²) in [7, 11) is 0. The zero-order valence-electron chi connectivity index (χ0n) is 17.6. The maximum absolute atomic E-state index is 14.3. The Bertz CT molecular complexity index is 1230. The van der Waals surface area contributed by atoms with Gasteiger partial charge in [-0.1, -0.05) is 59.6 Å². The lowest BCUT2D eigenvalue weighted by atomic mass is 9.95. The molecule has 3 aromatic rings. The molecule has 1 heterocycles. The summed E-state index contributed by atoms with van der Waals surface area (Å²) in [6.45, 7) is 0. The van der Waals surface area contributed by atoms with E-state index >= 15 is 0 Å². The molecule has 4 rings (SSSR count). The first-order valence-corrected chi connectivity index (χ1v) is 12.0. The molecule has 178 valence electrons. The van der Waals surface area contributed by atoms with Crippen LogP contribution in [-0.4, -0.2) is 24.1 Å². The van der Waals surface area contributed by atoms with Gasteiger partial charge in [-0.3, -0.25) is 5.01 Å². The van der Waals surface area contributed by atoms with E-state index in [0.29, 0.717) is 5.56 Å². The zero-order valence-corrected chi connectivity index (χ0v) is 19.9. The molecule has 0 saturated heterocycles. The molecule has 1 aliphatic heterocycles. The molecule has 0 saturated carbocycles. The second kappa shape index (κ2) is 9.40. The molecule has 0 radical (unpaired) electrons. The van der Waals surface area contributed by atoms with Crippen LogP contribution in [0.1, 0.15) is 18.0 Å². The van der Waals surface area contributed by atoms with Crippen molar-refractivity contribution in [3.8, 4) is 11.1 Å². The Hall–Kier alpha value is -2.29. The summed E-state index contributed by atoms with van der Waals surface area (Å²) in [5.41, 5.74) is 1.04. The van der Waals surface area contributed by atoms with Crippen LogP contribution in [0.5, 0.6) is 0 Å². The first kappa shape index (κ1) is 24.8. The van der Waals surface area contributed by atoms with Crippen LogP contribution in [0, 0.1) is 0 Å². The number of rotatable bonds is 5. The predicted molar refractivity (Wildman–Crippen MR) is 128 cm³/mol. The standard InChI is InChI=1S/C24H17Cl2F5N2S/c1-34-17-10-8-14(9-11-17)15-4-2-5-16(12-15)20-13-21(23(27,28)24(29,30)31)32-33(20)19-7-3-6-18(25)22(19)26/h2-12,20H,13H2,1H3. The average molecular weight is 531 g/mol. The van der Waals surface area contributed by atoms with E-state index in [0.717, 1.165) is 21.0 Å². The minimum absolute atomic E-state index is 0.0123. The number of nitrogens with zero attached hydrogens (tertiary/aromatic N) is 2. The Morgan fingerprint density at radius 1 is 0.912 bits per heavy atom. The molecule has 0 bridgehead atoms. The third-order valence-corrected chi connectivity index (χ3v) is 7.05. The van der Waals surface area contributed by atoms with E-state index in [4.69, 9.17) is 23.2 Å². The Balaban J connectivity index is 1.79. The fourth-order valence-electron chi connectivity index (χ4n) is 3.72. The minimum atomic E-state index is -5.77. The van der Waals surface area contributed by atoms with Gasteiger partial charge in [0.2, 0.25) is 0 Å². The lowest BCUT2D eigenvalue weighted by Gasteiger charge is -2.25. The molecule has 3 aromatic carbocycles. The number of hydrogen-bond donors (Lipinski definition) is 0. The number of anilines is 1. The van der Waals surface area contributed by atoms with E-state index in [2.05, 4.69) is 5.10 Å². The average Bonchev–Trinajstić information content (AvgIpc) is 3.26. The first-order chi connectivity index (χ1) is 16.0. The molecule has 0 N–H and O–H groups in total. The van der Waals surface area contributed by atoms with Gasteiger partial charge in [-0.05, 0) is 53.3 Å². The van der Waals surface area contributed by atoms with E-state index in [1.807, 2.05) is 36.6 Å². The van der Waals surface area contributed by atoms with Gasteiger partial charge in [0.25, 0.3) is 0 Å². The van der Waals surface area contributed by atoms with Crippen molar-refractivity contribution < 1.29 is 22.0 Å². The molecule has 2 nitrogen and oxygen atoms in total. The highest BCUT2D eigenvalue weighted by Crippen LogP contribution is 2.47. The molecular weight excluding hydrogens is 514 g/mol. The highest BCUT2D eigenvalue weighted by molar-refractivity contribution is 7.98. The van der Waals surface area contributed by atoms with Crippen molar-refractivity contribution in [2.45, 2.75) is 29.5 Å². The Kier molecular flexibility index (Phi) is 6.86. The summed E-state index contributed by atoms with van der Waals surface area (Å²) < 4.78 is 67.9. The topological polar surface area (TPSA) is 15.6 Å². The predicted octanol–water partition coefficient (Wildman–Crippen LogP) is 8.89. The molecule has 0 spiro atoms. The summed E-state index contributed by atoms with van der Waals surface area (Å²) in [5.74, 6) is -5.09. The number of hydrogen-bond acceptors (Lipinski definition) is 3. The van der Waals surface area contributed by atoms with E-state index < -0.39 is 30.3 Å². The molecule has 34 heavy (non-hydrogen) atoms. The largest absolute Gasteiger partial charge is 0.459 e. The van der Waals surface area contributed by atoms with E-state index in [1.165, 1.54) is 18.2 Å².